The zero-order valence-electron chi connectivity index (χ0n) is 12.9. The standard InChI is InChI=1S/C16H20FNO5/c1-23-14-7-5-11(10-12(14)17)13(19)6-8-15(20)18-9-3-2-4-16(21)22/h5,7,10H,2-4,6,8-9H2,1H3,(H,18,20)(H,21,22). The molecule has 0 aliphatic carbocycles. The molecular formula is C16H20FNO5. The maximum absolute atomic E-state index is 13.5. The number of carboxylic acid groups (broad SMARTS) is 1. The number of rotatable bonds is 10. The highest BCUT2D eigenvalue weighted by molar-refractivity contribution is 5.98. The van der Waals surface area contributed by atoms with Gasteiger partial charge >= 0.3 is 5.97 Å². The van der Waals surface area contributed by atoms with E-state index in [2.05, 4.69) is 5.32 Å². The van der Waals surface area contributed by atoms with Crippen LogP contribution >= 0.6 is 0 Å². The van der Waals surface area contributed by atoms with E-state index in [1.165, 1.54) is 19.2 Å². The summed E-state index contributed by atoms with van der Waals surface area (Å²) in [5.74, 6) is -2.05. The summed E-state index contributed by atoms with van der Waals surface area (Å²) >= 11 is 0. The van der Waals surface area contributed by atoms with Crippen molar-refractivity contribution >= 4 is 17.7 Å². The number of carboxylic acids is 1. The van der Waals surface area contributed by atoms with Crippen LogP contribution in [0.5, 0.6) is 5.75 Å². The zero-order chi connectivity index (χ0) is 17.2. The Kier molecular flexibility index (Phi) is 7.73. The van der Waals surface area contributed by atoms with E-state index in [4.69, 9.17) is 9.84 Å². The second-order valence-electron chi connectivity index (χ2n) is 4.97. The normalized spacial score (nSPS) is 10.2. The van der Waals surface area contributed by atoms with Crippen LogP contribution in [-0.2, 0) is 9.59 Å². The fourth-order valence-corrected chi connectivity index (χ4v) is 1.93. The number of ether oxygens (including phenoxy) is 1. The lowest BCUT2D eigenvalue weighted by Crippen LogP contribution is -2.25. The minimum atomic E-state index is -0.867. The van der Waals surface area contributed by atoms with E-state index in [0.717, 1.165) is 6.07 Å². The molecule has 0 saturated carbocycles. The molecule has 0 heterocycles. The number of carbonyl (C=O) groups is 3. The molecule has 0 spiro atoms. The molecule has 0 aromatic heterocycles. The Morgan fingerprint density at radius 2 is 1.91 bits per heavy atom. The van der Waals surface area contributed by atoms with E-state index in [0.29, 0.717) is 19.4 Å². The molecule has 1 aromatic rings. The minimum absolute atomic E-state index is 0.00537. The van der Waals surface area contributed by atoms with Crippen molar-refractivity contribution in [2.45, 2.75) is 32.1 Å². The van der Waals surface area contributed by atoms with Gasteiger partial charge in [0.1, 0.15) is 0 Å². The van der Waals surface area contributed by atoms with E-state index < -0.39 is 11.8 Å². The molecule has 6 nitrogen and oxygen atoms in total. The molecule has 1 rings (SSSR count). The molecule has 0 aliphatic rings. The Labute approximate surface area is 133 Å². The molecule has 23 heavy (non-hydrogen) atoms. The molecule has 1 amide bonds. The first-order chi connectivity index (χ1) is 10.9. The SMILES string of the molecule is COc1ccc(C(=O)CCC(=O)NCCCCC(=O)O)cc1F. The van der Waals surface area contributed by atoms with Gasteiger partial charge in [0.15, 0.2) is 17.3 Å². The fraction of sp³-hybridized carbons (Fsp3) is 0.438. The molecule has 0 aliphatic heterocycles. The zero-order valence-corrected chi connectivity index (χ0v) is 12.9. The van der Waals surface area contributed by atoms with Crippen LogP contribution in [0.4, 0.5) is 4.39 Å². The molecule has 0 fully saturated rings. The van der Waals surface area contributed by atoms with Gasteiger partial charge < -0.3 is 15.2 Å². The molecular weight excluding hydrogens is 305 g/mol. The van der Waals surface area contributed by atoms with Crippen molar-refractivity contribution in [1.82, 2.24) is 5.32 Å². The first-order valence-corrected chi connectivity index (χ1v) is 7.29. The van der Waals surface area contributed by atoms with Crippen LogP contribution in [0, 0.1) is 5.82 Å². The number of methoxy groups -OCH3 is 1. The third-order valence-electron chi connectivity index (χ3n) is 3.19. The van der Waals surface area contributed by atoms with E-state index in [9.17, 15) is 18.8 Å². The van der Waals surface area contributed by atoms with Crippen molar-refractivity contribution in [2.24, 2.45) is 0 Å². The number of amides is 1. The van der Waals surface area contributed by atoms with E-state index in [-0.39, 0.29) is 42.3 Å². The van der Waals surface area contributed by atoms with Gasteiger partial charge in [0, 0.05) is 31.4 Å². The molecule has 1 aromatic carbocycles. The first-order valence-electron chi connectivity index (χ1n) is 7.29. The van der Waals surface area contributed by atoms with Crippen molar-refractivity contribution in [2.75, 3.05) is 13.7 Å². The Hall–Kier alpha value is -2.44. The summed E-state index contributed by atoms with van der Waals surface area (Å²) in [5, 5.41) is 11.1. The monoisotopic (exact) mass is 325 g/mol. The van der Waals surface area contributed by atoms with Crippen LogP contribution in [0.3, 0.4) is 0 Å². The lowest BCUT2D eigenvalue weighted by molar-refractivity contribution is -0.137. The van der Waals surface area contributed by atoms with Crippen LogP contribution in [-0.4, -0.2) is 36.4 Å². The van der Waals surface area contributed by atoms with E-state index in [1.54, 1.807) is 0 Å². The summed E-state index contributed by atoms with van der Waals surface area (Å²) in [7, 11) is 1.33. The van der Waals surface area contributed by atoms with Crippen molar-refractivity contribution in [1.29, 1.82) is 0 Å². The van der Waals surface area contributed by atoms with Gasteiger partial charge in [0.2, 0.25) is 5.91 Å². The third-order valence-corrected chi connectivity index (χ3v) is 3.19. The summed E-state index contributed by atoms with van der Waals surface area (Å²) in [4.78, 5) is 33.8. The van der Waals surface area contributed by atoms with Gasteiger partial charge in [-0.15, -0.1) is 0 Å². The van der Waals surface area contributed by atoms with Crippen LogP contribution in [0.15, 0.2) is 18.2 Å². The van der Waals surface area contributed by atoms with Gasteiger partial charge in [-0.3, -0.25) is 14.4 Å². The van der Waals surface area contributed by atoms with Crippen LogP contribution in [0.2, 0.25) is 0 Å². The summed E-state index contributed by atoms with van der Waals surface area (Å²) in [6.07, 6.45) is 1.10. The number of benzene rings is 1. The Morgan fingerprint density at radius 3 is 2.52 bits per heavy atom. The summed E-state index contributed by atoms with van der Waals surface area (Å²) in [5.41, 5.74) is 0.192. The Morgan fingerprint density at radius 1 is 1.17 bits per heavy atom. The lowest BCUT2D eigenvalue weighted by atomic mass is 10.1. The second kappa shape index (κ2) is 9.55. The third kappa shape index (κ3) is 6.90. The van der Waals surface area contributed by atoms with Gasteiger partial charge in [0.05, 0.1) is 7.11 Å². The van der Waals surface area contributed by atoms with Crippen molar-refractivity contribution in [3.63, 3.8) is 0 Å². The average Bonchev–Trinajstić information content (AvgIpc) is 2.51. The highest BCUT2D eigenvalue weighted by atomic mass is 19.1. The summed E-state index contributed by atoms with van der Waals surface area (Å²) in [6, 6.07) is 3.91. The lowest BCUT2D eigenvalue weighted by Gasteiger charge is -2.06. The predicted octanol–water partition coefficient (Wildman–Crippen LogP) is 2.17. The highest BCUT2D eigenvalue weighted by Crippen LogP contribution is 2.18. The number of nitrogens with one attached hydrogen (secondary N) is 1. The van der Waals surface area contributed by atoms with E-state index in [1.807, 2.05) is 0 Å². The number of halogens is 1. The maximum atomic E-state index is 13.5. The quantitative estimate of drug-likeness (QED) is 0.508. The second-order valence-corrected chi connectivity index (χ2v) is 4.97. The van der Waals surface area contributed by atoms with Crippen molar-refractivity contribution in [3.05, 3.63) is 29.6 Å². The number of Topliss-reactive ketones (excluding diaryl/α,β-unsaturated/α-hetero) is 1. The number of ketones is 1. The number of hydrogen-bond acceptors (Lipinski definition) is 4. The van der Waals surface area contributed by atoms with Crippen LogP contribution < -0.4 is 10.1 Å². The molecule has 126 valence electrons. The number of hydrogen-bond donors (Lipinski definition) is 2. The molecule has 2 N–H and O–H groups in total. The number of aliphatic carboxylic acids is 1. The topological polar surface area (TPSA) is 92.7 Å². The van der Waals surface area contributed by atoms with E-state index >= 15 is 0 Å². The summed E-state index contributed by atoms with van der Waals surface area (Å²) < 4.78 is 18.3. The van der Waals surface area contributed by atoms with Gasteiger partial charge in [-0.05, 0) is 31.0 Å². The first kappa shape index (κ1) is 18.6. The molecule has 0 unspecified atom stereocenters. The van der Waals surface area contributed by atoms with Crippen LogP contribution in [0.1, 0.15) is 42.5 Å². The smallest absolute Gasteiger partial charge is 0.303 e. The van der Waals surface area contributed by atoms with Gasteiger partial charge in [-0.1, -0.05) is 0 Å². The largest absolute Gasteiger partial charge is 0.494 e. The molecule has 7 heteroatoms. The molecule has 0 saturated heterocycles. The number of unbranched alkanes of at least 4 members (excludes halogenated alkanes) is 1. The predicted molar refractivity (Wildman–Crippen MR) is 81.0 cm³/mol. The van der Waals surface area contributed by atoms with Gasteiger partial charge in [-0.2, -0.15) is 0 Å². The van der Waals surface area contributed by atoms with Crippen molar-refractivity contribution in [3.8, 4) is 5.75 Å². The molecule has 0 radical (unpaired) electrons. The highest BCUT2D eigenvalue weighted by Gasteiger charge is 2.12. The van der Waals surface area contributed by atoms with Gasteiger partial charge in [-0.25, -0.2) is 4.39 Å². The number of carbonyl (C=O) groups excluding carboxylic acids is 2. The Balaban J connectivity index is 2.31. The fourth-order valence-electron chi connectivity index (χ4n) is 1.93. The minimum Gasteiger partial charge on any atom is -0.494 e. The summed E-state index contributed by atoms with van der Waals surface area (Å²) in [6.45, 7) is 0.372. The van der Waals surface area contributed by atoms with Crippen LogP contribution in [0.25, 0.3) is 0 Å². The maximum Gasteiger partial charge on any atom is 0.303 e. The Bertz CT molecular complexity index is 574. The van der Waals surface area contributed by atoms with Gasteiger partial charge in [0.25, 0.3) is 0 Å². The molecule has 0 atom stereocenters. The molecule has 0 bridgehead atoms. The average molecular weight is 325 g/mol. The van der Waals surface area contributed by atoms with Crippen molar-refractivity contribution < 1.29 is 28.6 Å².